The number of piperidine rings is 2. The van der Waals surface area contributed by atoms with Gasteiger partial charge >= 0.3 is 0 Å². The molecule has 2 saturated heterocycles. The molecular formula is C34H40N8O3. The van der Waals surface area contributed by atoms with E-state index < -0.39 is 5.60 Å². The molecule has 234 valence electrons. The van der Waals surface area contributed by atoms with Gasteiger partial charge in [-0.1, -0.05) is 19.1 Å². The third-order valence-electron chi connectivity index (χ3n) is 9.82. The van der Waals surface area contributed by atoms with Gasteiger partial charge in [0.1, 0.15) is 16.8 Å². The Morgan fingerprint density at radius 3 is 2.49 bits per heavy atom. The Labute approximate surface area is 262 Å². The molecular weight excluding hydrogens is 568 g/mol. The molecule has 1 atom stereocenters. The molecule has 45 heavy (non-hydrogen) atoms. The Morgan fingerprint density at radius 2 is 1.78 bits per heavy atom. The van der Waals surface area contributed by atoms with Crippen molar-refractivity contribution in [3.63, 3.8) is 0 Å². The molecule has 11 nitrogen and oxygen atoms in total. The van der Waals surface area contributed by atoms with Crippen LogP contribution in [-0.4, -0.2) is 72.3 Å². The smallest absolute Gasteiger partial charge is 0.278 e. The molecule has 4 aromatic rings. The maximum atomic E-state index is 13.4. The molecule has 0 unspecified atom stereocenters. The summed E-state index contributed by atoms with van der Waals surface area (Å²) in [7, 11) is 0. The van der Waals surface area contributed by atoms with Gasteiger partial charge in [0.15, 0.2) is 11.5 Å². The lowest BCUT2D eigenvalue weighted by Gasteiger charge is -2.40. The van der Waals surface area contributed by atoms with Crippen LogP contribution in [0.3, 0.4) is 0 Å². The molecule has 2 fully saturated rings. The maximum absolute atomic E-state index is 13.4. The number of likely N-dealkylation sites (tertiary alicyclic amines) is 1. The summed E-state index contributed by atoms with van der Waals surface area (Å²) in [5, 5.41) is 14.9. The SMILES string of the molecule is C=CCn1c(=O)c2cnc(Nc3ccc(N4CCC(N5CCC(=O)CC5)CC4)cc3)nc2n1-c1ccc2c(n1)[C@@](O)(CC)CC2. The summed E-state index contributed by atoms with van der Waals surface area (Å²) in [6.45, 7) is 9.86. The standard InChI is InChI=1S/C34H40N8O3/c1-3-17-41-32(44)28-22-35-33(38-31(28)42(41)29-10-5-23-11-16-34(45,4-2)30(23)37-29)36-24-6-8-25(9-7-24)39-18-12-26(13-19-39)40-20-14-27(43)15-21-40/h3,5-10,22,26,45H,1,4,11-21H2,2H3,(H,35,36,38)/t34-/m1/s1. The van der Waals surface area contributed by atoms with Crippen LogP contribution in [-0.2, 0) is 23.4 Å². The average Bonchev–Trinajstić information content (AvgIpc) is 3.55. The van der Waals surface area contributed by atoms with E-state index in [2.05, 4.69) is 38.8 Å². The van der Waals surface area contributed by atoms with Gasteiger partial charge in [-0.2, -0.15) is 4.98 Å². The highest BCUT2D eigenvalue weighted by Gasteiger charge is 2.37. The molecule has 0 saturated carbocycles. The van der Waals surface area contributed by atoms with E-state index in [0.717, 1.165) is 56.7 Å². The number of carbonyl (C=O) groups is 1. The molecule has 0 amide bonds. The number of carbonyl (C=O) groups excluding carboxylic acids is 1. The zero-order valence-electron chi connectivity index (χ0n) is 25.8. The average molecular weight is 609 g/mol. The Balaban J connectivity index is 1.11. The van der Waals surface area contributed by atoms with E-state index in [4.69, 9.17) is 9.97 Å². The first-order chi connectivity index (χ1) is 21.9. The van der Waals surface area contributed by atoms with Crippen molar-refractivity contribution in [1.29, 1.82) is 0 Å². The second-order valence-corrected chi connectivity index (χ2v) is 12.4. The highest BCUT2D eigenvalue weighted by Crippen LogP contribution is 2.38. The van der Waals surface area contributed by atoms with Crippen molar-refractivity contribution in [2.75, 3.05) is 36.4 Å². The second-order valence-electron chi connectivity index (χ2n) is 12.4. The van der Waals surface area contributed by atoms with E-state index in [9.17, 15) is 14.7 Å². The molecule has 0 bridgehead atoms. The molecule has 0 radical (unpaired) electrons. The van der Waals surface area contributed by atoms with Crippen LogP contribution in [0.25, 0.3) is 16.9 Å². The number of hydrogen-bond acceptors (Lipinski definition) is 9. The molecule has 1 aliphatic carbocycles. The van der Waals surface area contributed by atoms with E-state index in [0.29, 0.717) is 66.0 Å². The van der Waals surface area contributed by atoms with Crippen molar-refractivity contribution in [3.8, 4) is 5.82 Å². The number of benzene rings is 1. The molecule has 7 rings (SSSR count). The van der Waals surface area contributed by atoms with Crippen LogP contribution in [0.5, 0.6) is 0 Å². The molecule has 0 spiro atoms. The quantitative estimate of drug-likeness (QED) is 0.285. The van der Waals surface area contributed by atoms with Gasteiger partial charge < -0.3 is 15.3 Å². The number of aliphatic hydroxyl groups is 1. The van der Waals surface area contributed by atoms with Gasteiger partial charge in [0.05, 0.1) is 12.2 Å². The predicted molar refractivity (Wildman–Crippen MR) is 174 cm³/mol. The minimum absolute atomic E-state index is 0.230. The lowest BCUT2D eigenvalue weighted by atomic mass is 9.98. The van der Waals surface area contributed by atoms with Gasteiger partial charge in [-0.25, -0.2) is 19.3 Å². The van der Waals surface area contributed by atoms with Gasteiger partial charge in [-0.15, -0.1) is 6.58 Å². The van der Waals surface area contributed by atoms with Gasteiger partial charge in [-0.3, -0.25) is 14.5 Å². The molecule has 5 heterocycles. The zero-order valence-corrected chi connectivity index (χ0v) is 25.8. The third kappa shape index (κ3) is 5.44. The summed E-state index contributed by atoms with van der Waals surface area (Å²) in [5.41, 5.74) is 2.94. The number of pyridine rings is 1. The Kier molecular flexibility index (Phi) is 7.74. The predicted octanol–water partition coefficient (Wildman–Crippen LogP) is 4.08. The molecule has 3 aromatic heterocycles. The monoisotopic (exact) mass is 608 g/mol. The van der Waals surface area contributed by atoms with E-state index in [1.54, 1.807) is 21.6 Å². The number of nitrogens with zero attached hydrogens (tertiary/aromatic N) is 7. The number of fused-ring (bicyclic) bond motifs is 2. The van der Waals surface area contributed by atoms with Crippen molar-refractivity contribution in [2.24, 2.45) is 0 Å². The number of aryl methyl sites for hydroxylation is 1. The molecule has 11 heteroatoms. The largest absolute Gasteiger partial charge is 0.384 e. The van der Waals surface area contributed by atoms with Crippen LogP contribution in [0.15, 0.2) is 60.0 Å². The van der Waals surface area contributed by atoms with Gasteiger partial charge in [0, 0.05) is 62.6 Å². The molecule has 2 N–H and O–H groups in total. The van der Waals surface area contributed by atoms with E-state index in [1.807, 2.05) is 31.2 Å². The first-order valence-corrected chi connectivity index (χ1v) is 16.1. The first kappa shape index (κ1) is 29.4. The lowest BCUT2D eigenvalue weighted by molar-refractivity contribution is -0.122. The third-order valence-corrected chi connectivity index (χ3v) is 9.82. The number of allylic oxidation sites excluding steroid dienone is 1. The number of Topliss-reactive ketones (excluding diaryl/α,β-unsaturated/α-hetero) is 1. The highest BCUT2D eigenvalue weighted by atomic mass is 16.3. The number of hydrogen-bond donors (Lipinski definition) is 2. The summed E-state index contributed by atoms with van der Waals surface area (Å²) in [4.78, 5) is 44.1. The fourth-order valence-electron chi connectivity index (χ4n) is 7.13. The number of anilines is 3. The van der Waals surface area contributed by atoms with Crippen molar-refractivity contribution in [2.45, 2.75) is 70.1 Å². The van der Waals surface area contributed by atoms with Crippen molar-refractivity contribution < 1.29 is 9.90 Å². The van der Waals surface area contributed by atoms with Crippen molar-refractivity contribution >= 4 is 34.1 Å². The van der Waals surface area contributed by atoms with Crippen LogP contribution in [0.4, 0.5) is 17.3 Å². The molecule has 2 aliphatic heterocycles. The zero-order chi connectivity index (χ0) is 31.1. The van der Waals surface area contributed by atoms with Crippen LogP contribution < -0.4 is 15.8 Å². The number of rotatable bonds is 8. The Bertz CT molecular complexity index is 1790. The molecule has 1 aromatic carbocycles. The lowest BCUT2D eigenvalue weighted by Crippen LogP contribution is -2.47. The van der Waals surface area contributed by atoms with Gasteiger partial charge in [0.2, 0.25) is 5.95 Å². The Morgan fingerprint density at radius 1 is 1.02 bits per heavy atom. The first-order valence-electron chi connectivity index (χ1n) is 16.1. The van der Waals surface area contributed by atoms with E-state index in [-0.39, 0.29) is 12.1 Å². The minimum atomic E-state index is -0.976. The minimum Gasteiger partial charge on any atom is -0.384 e. The summed E-state index contributed by atoms with van der Waals surface area (Å²) < 4.78 is 3.25. The number of aromatic nitrogens is 5. The van der Waals surface area contributed by atoms with Crippen LogP contribution in [0, 0.1) is 0 Å². The normalized spacial score (nSPS) is 20.9. The fraction of sp³-hybridized carbons (Fsp3) is 0.441. The summed E-state index contributed by atoms with van der Waals surface area (Å²) in [5.74, 6) is 1.28. The highest BCUT2D eigenvalue weighted by molar-refractivity contribution is 5.79. The van der Waals surface area contributed by atoms with Crippen molar-refractivity contribution in [1.82, 2.24) is 29.2 Å². The molecule has 3 aliphatic rings. The second kappa shape index (κ2) is 11.9. The fourth-order valence-corrected chi connectivity index (χ4v) is 7.13. The van der Waals surface area contributed by atoms with E-state index in [1.165, 1.54) is 5.69 Å². The Hall–Kier alpha value is -4.35. The van der Waals surface area contributed by atoms with Gasteiger partial charge in [0.25, 0.3) is 5.56 Å². The van der Waals surface area contributed by atoms with Crippen LogP contribution >= 0.6 is 0 Å². The summed E-state index contributed by atoms with van der Waals surface area (Å²) >= 11 is 0. The van der Waals surface area contributed by atoms with Crippen LogP contribution in [0.1, 0.15) is 56.7 Å². The summed E-state index contributed by atoms with van der Waals surface area (Å²) in [6.07, 6.45) is 8.78. The van der Waals surface area contributed by atoms with Crippen LogP contribution in [0.2, 0.25) is 0 Å². The maximum Gasteiger partial charge on any atom is 0.278 e. The van der Waals surface area contributed by atoms with Gasteiger partial charge in [-0.05, 0) is 68.0 Å². The summed E-state index contributed by atoms with van der Waals surface area (Å²) in [6, 6.07) is 12.7. The van der Waals surface area contributed by atoms with Crippen molar-refractivity contribution in [3.05, 3.63) is 76.9 Å². The number of ketones is 1. The topological polar surface area (TPSA) is 121 Å². The van der Waals surface area contributed by atoms with E-state index >= 15 is 0 Å². The number of nitrogens with one attached hydrogen (secondary N) is 1.